The molecule has 4 atom stereocenters. The predicted molar refractivity (Wildman–Crippen MR) is 174 cm³/mol. The van der Waals surface area contributed by atoms with Crippen LogP contribution in [-0.4, -0.2) is 50.2 Å². The molecule has 0 aromatic heterocycles. The van der Waals surface area contributed by atoms with Crippen molar-refractivity contribution in [2.24, 2.45) is 5.41 Å². The second-order valence-corrected chi connectivity index (χ2v) is 12.7. The maximum absolute atomic E-state index is 6.83. The average molecular weight is 625 g/mol. The lowest BCUT2D eigenvalue weighted by Gasteiger charge is -2.54. The third-order valence-electron chi connectivity index (χ3n) is 8.22. The molecule has 0 radical (unpaired) electrons. The van der Waals surface area contributed by atoms with Gasteiger partial charge in [0.05, 0.1) is 46.2 Å². The summed E-state index contributed by atoms with van der Waals surface area (Å²) < 4.78 is 46.4. The predicted octanol–water partition coefficient (Wildman–Crippen LogP) is 7.09. The van der Waals surface area contributed by atoms with Gasteiger partial charge in [-0.05, 0) is 22.3 Å². The first kappa shape index (κ1) is 32.5. The van der Waals surface area contributed by atoms with Crippen LogP contribution in [0.4, 0.5) is 0 Å². The van der Waals surface area contributed by atoms with Crippen molar-refractivity contribution in [3.63, 3.8) is 0 Å². The Morgan fingerprint density at radius 2 is 0.957 bits per heavy atom. The van der Waals surface area contributed by atoms with Crippen LogP contribution in [0.3, 0.4) is 0 Å². The lowest BCUT2D eigenvalue weighted by atomic mass is 9.92. The standard InChI is InChI=1S/C39H44O7/c1-38(2)28-44-39(45-29-38)37(43-26-33-21-13-6-14-22-33)36(42-25-32-19-11-5-12-20-32)35(41-24-31-17-9-4-10-18-31)34(46-39)27-40-23-30-15-7-3-8-16-30/h3-22,34-37H,23-29H2,1-2H3/t34-,35-,36+,37-/m1/s1. The minimum Gasteiger partial charge on any atom is -0.374 e. The molecular weight excluding hydrogens is 580 g/mol. The first-order chi connectivity index (χ1) is 22.5. The molecule has 2 aliphatic rings. The van der Waals surface area contributed by atoms with Crippen molar-refractivity contribution in [2.75, 3.05) is 19.8 Å². The van der Waals surface area contributed by atoms with Gasteiger partial charge in [0.25, 0.3) is 0 Å². The molecular formula is C39H44O7. The van der Waals surface area contributed by atoms with Gasteiger partial charge in [-0.1, -0.05) is 135 Å². The summed E-state index contributed by atoms with van der Waals surface area (Å²) in [5, 5.41) is 0. The van der Waals surface area contributed by atoms with E-state index in [4.69, 9.17) is 33.2 Å². The van der Waals surface area contributed by atoms with Crippen molar-refractivity contribution in [3.8, 4) is 0 Å². The second-order valence-electron chi connectivity index (χ2n) is 12.7. The Kier molecular flexibility index (Phi) is 10.9. The highest BCUT2D eigenvalue weighted by Gasteiger charge is 2.61. The van der Waals surface area contributed by atoms with E-state index in [0.717, 1.165) is 22.3 Å². The summed E-state index contributed by atoms with van der Waals surface area (Å²) >= 11 is 0. The number of rotatable bonds is 13. The van der Waals surface area contributed by atoms with Crippen LogP contribution in [0.1, 0.15) is 36.1 Å². The molecule has 0 N–H and O–H groups in total. The smallest absolute Gasteiger partial charge is 0.314 e. The van der Waals surface area contributed by atoms with Gasteiger partial charge in [-0.25, -0.2) is 0 Å². The van der Waals surface area contributed by atoms with Crippen LogP contribution in [0.2, 0.25) is 0 Å². The van der Waals surface area contributed by atoms with Crippen molar-refractivity contribution in [3.05, 3.63) is 144 Å². The van der Waals surface area contributed by atoms with Crippen molar-refractivity contribution < 1.29 is 33.2 Å². The van der Waals surface area contributed by atoms with Crippen LogP contribution in [0.5, 0.6) is 0 Å². The van der Waals surface area contributed by atoms with E-state index in [1.165, 1.54) is 0 Å². The second kappa shape index (κ2) is 15.5. The molecule has 0 aliphatic carbocycles. The summed E-state index contributed by atoms with van der Waals surface area (Å²) in [5.74, 6) is -1.51. The van der Waals surface area contributed by atoms with Crippen molar-refractivity contribution in [2.45, 2.75) is 70.7 Å². The quantitative estimate of drug-likeness (QED) is 0.157. The summed E-state index contributed by atoms with van der Waals surface area (Å²) in [5.41, 5.74) is 3.98. The Labute approximate surface area is 272 Å². The zero-order valence-electron chi connectivity index (χ0n) is 26.7. The van der Waals surface area contributed by atoms with Gasteiger partial charge >= 0.3 is 5.97 Å². The van der Waals surface area contributed by atoms with E-state index in [1.807, 2.05) is 121 Å². The normalized spacial score (nSPS) is 23.7. The maximum atomic E-state index is 6.83. The molecule has 242 valence electrons. The number of ether oxygens (including phenoxy) is 7. The van der Waals surface area contributed by atoms with Gasteiger partial charge in [-0.15, -0.1) is 0 Å². The molecule has 4 aromatic rings. The fourth-order valence-electron chi connectivity index (χ4n) is 5.71. The number of hydrogen-bond donors (Lipinski definition) is 0. The van der Waals surface area contributed by atoms with Gasteiger partial charge in [0.15, 0.2) is 6.10 Å². The lowest BCUT2D eigenvalue weighted by Crippen LogP contribution is -2.70. The van der Waals surface area contributed by atoms with E-state index in [9.17, 15) is 0 Å². The number of benzene rings is 4. The van der Waals surface area contributed by atoms with Crippen LogP contribution in [0.25, 0.3) is 0 Å². The summed E-state index contributed by atoms with van der Waals surface area (Å²) in [6.07, 6.45) is -2.52. The lowest BCUT2D eigenvalue weighted by molar-refractivity contribution is -0.493. The minimum atomic E-state index is -1.51. The SMILES string of the molecule is CC1(C)COC2(OC1)O[C@H](COCc1ccccc1)[C@@H](OCc1ccccc1)[C@H](OCc1ccccc1)[C@H]2OCc1ccccc1. The Bertz CT molecular complexity index is 1440. The molecule has 46 heavy (non-hydrogen) atoms. The number of hydrogen-bond acceptors (Lipinski definition) is 7. The molecule has 0 unspecified atom stereocenters. The highest BCUT2D eigenvalue weighted by molar-refractivity contribution is 5.16. The van der Waals surface area contributed by atoms with Crippen molar-refractivity contribution >= 4 is 0 Å². The van der Waals surface area contributed by atoms with Gasteiger partial charge in [0, 0.05) is 5.41 Å². The van der Waals surface area contributed by atoms with E-state index in [-0.39, 0.29) is 12.0 Å². The van der Waals surface area contributed by atoms with Crippen LogP contribution < -0.4 is 0 Å². The summed E-state index contributed by atoms with van der Waals surface area (Å²) in [4.78, 5) is 0. The highest BCUT2D eigenvalue weighted by atomic mass is 16.9. The van der Waals surface area contributed by atoms with Gasteiger partial charge in [-0.2, -0.15) is 0 Å². The van der Waals surface area contributed by atoms with Gasteiger partial charge in [-0.3, -0.25) is 0 Å². The van der Waals surface area contributed by atoms with E-state index in [0.29, 0.717) is 39.6 Å². The zero-order chi connectivity index (χ0) is 31.7. The molecule has 6 rings (SSSR count). The Hall–Kier alpha value is -3.40. The van der Waals surface area contributed by atoms with Crippen LogP contribution in [0, 0.1) is 5.41 Å². The molecule has 2 heterocycles. The van der Waals surface area contributed by atoms with Crippen molar-refractivity contribution in [1.29, 1.82) is 0 Å². The molecule has 0 bridgehead atoms. The molecule has 4 aromatic carbocycles. The van der Waals surface area contributed by atoms with Crippen molar-refractivity contribution in [1.82, 2.24) is 0 Å². The van der Waals surface area contributed by atoms with Crippen LogP contribution in [-0.2, 0) is 59.6 Å². The fourth-order valence-corrected chi connectivity index (χ4v) is 5.71. The van der Waals surface area contributed by atoms with E-state index < -0.39 is 30.4 Å². The van der Waals surface area contributed by atoms with Crippen LogP contribution in [0.15, 0.2) is 121 Å². The molecule has 7 nitrogen and oxygen atoms in total. The Morgan fingerprint density at radius 1 is 0.543 bits per heavy atom. The molecule has 2 fully saturated rings. The third kappa shape index (κ3) is 8.49. The van der Waals surface area contributed by atoms with E-state index in [2.05, 4.69) is 13.8 Å². The largest absolute Gasteiger partial charge is 0.374 e. The molecule has 0 amide bonds. The van der Waals surface area contributed by atoms with E-state index >= 15 is 0 Å². The van der Waals surface area contributed by atoms with Gasteiger partial charge < -0.3 is 33.2 Å². The summed E-state index contributed by atoms with van der Waals surface area (Å²) in [6.45, 7) is 6.77. The first-order valence-corrected chi connectivity index (χ1v) is 16.0. The minimum absolute atomic E-state index is 0.195. The van der Waals surface area contributed by atoms with Gasteiger partial charge in [0.2, 0.25) is 0 Å². The molecule has 2 saturated heterocycles. The first-order valence-electron chi connectivity index (χ1n) is 16.0. The average Bonchev–Trinajstić information content (AvgIpc) is 3.09. The molecule has 0 saturated carbocycles. The van der Waals surface area contributed by atoms with Gasteiger partial charge in [0.1, 0.15) is 18.3 Å². The molecule has 7 heteroatoms. The summed E-state index contributed by atoms with van der Waals surface area (Å²) in [6, 6.07) is 40.3. The maximum Gasteiger partial charge on any atom is 0.314 e. The molecule has 1 spiro atoms. The monoisotopic (exact) mass is 624 g/mol. The zero-order valence-corrected chi connectivity index (χ0v) is 26.7. The topological polar surface area (TPSA) is 64.6 Å². The Morgan fingerprint density at radius 3 is 1.43 bits per heavy atom. The highest BCUT2D eigenvalue weighted by Crippen LogP contribution is 2.42. The fraction of sp³-hybridized carbons (Fsp3) is 0.385. The van der Waals surface area contributed by atoms with E-state index in [1.54, 1.807) is 0 Å². The molecule has 2 aliphatic heterocycles. The summed E-state index contributed by atoms with van der Waals surface area (Å²) in [7, 11) is 0. The third-order valence-corrected chi connectivity index (χ3v) is 8.22. The van der Waals surface area contributed by atoms with Crippen LogP contribution >= 0.6 is 0 Å². The Balaban J connectivity index is 1.33.